The average molecular weight is 168 g/mol. The Labute approximate surface area is 66.6 Å². The molecule has 0 aliphatic heterocycles. The Bertz CT molecular complexity index is 401. The monoisotopic (exact) mass is 168 g/mol. The van der Waals surface area contributed by atoms with E-state index in [1.807, 2.05) is 11.4 Å². The molecule has 0 atom stereocenters. The molecule has 4 heteroatoms. The summed E-state index contributed by atoms with van der Waals surface area (Å²) in [6.07, 6.45) is 1.63. The fourth-order valence-electron chi connectivity index (χ4n) is 0.801. The van der Waals surface area contributed by atoms with Crippen LogP contribution in [-0.4, -0.2) is 9.97 Å². The molecule has 2 aromatic heterocycles. The maximum Gasteiger partial charge on any atom is 0.127 e. The highest BCUT2D eigenvalue weighted by Gasteiger charge is 1.94. The molecule has 0 amide bonds. The number of hydrogen-bond donors (Lipinski definition) is 1. The lowest BCUT2D eigenvalue weighted by atomic mass is 10.4. The maximum absolute atomic E-state index is 5.02. The summed E-state index contributed by atoms with van der Waals surface area (Å²) in [5, 5.41) is 3.03. The standard InChI is InChI=1S/C6H4N2S2/c9-5-4-1-2-10-6(4)8-3-7-5/h1-3H,(H,7,8,9). The van der Waals surface area contributed by atoms with E-state index >= 15 is 0 Å². The Balaban J connectivity index is 3.09. The van der Waals surface area contributed by atoms with Crippen molar-refractivity contribution in [3.8, 4) is 0 Å². The molecule has 0 saturated heterocycles. The highest BCUT2D eigenvalue weighted by atomic mass is 32.1. The first-order chi connectivity index (χ1) is 4.88. The Morgan fingerprint density at radius 2 is 2.50 bits per heavy atom. The molecule has 50 valence electrons. The van der Waals surface area contributed by atoms with Crippen LogP contribution in [0.4, 0.5) is 0 Å². The molecule has 10 heavy (non-hydrogen) atoms. The number of rotatable bonds is 0. The van der Waals surface area contributed by atoms with Crippen LogP contribution in [0.25, 0.3) is 10.2 Å². The number of hydrogen-bond acceptors (Lipinski definition) is 3. The van der Waals surface area contributed by atoms with Crippen LogP contribution in [-0.2, 0) is 0 Å². The van der Waals surface area contributed by atoms with E-state index in [1.165, 1.54) is 0 Å². The van der Waals surface area contributed by atoms with Crippen molar-refractivity contribution >= 4 is 33.8 Å². The van der Waals surface area contributed by atoms with E-state index in [-0.39, 0.29) is 0 Å². The van der Waals surface area contributed by atoms with Crippen LogP contribution in [0.2, 0.25) is 0 Å². The van der Waals surface area contributed by atoms with Gasteiger partial charge in [-0.1, -0.05) is 12.2 Å². The zero-order valence-electron chi connectivity index (χ0n) is 5.00. The Morgan fingerprint density at radius 1 is 1.60 bits per heavy atom. The smallest absolute Gasteiger partial charge is 0.127 e. The van der Waals surface area contributed by atoms with E-state index in [1.54, 1.807) is 17.7 Å². The van der Waals surface area contributed by atoms with Crippen molar-refractivity contribution in [1.82, 2.24) is 9.97 Å². The summed E-state index contributed by atoms with van der Waals surface area (Å²) in [5.41, 5.74) is 0. The molecular weight excluding hydrogens is 164 g/mol. The largest absolute Gasteiger partial charge is 0.337 e. The van der Waals surface area contributed by atoms with Gasteiger partial charge in [0, 0.05) is 5.39 Å². The normalized spacial score (nSPS) is 10.4. The van der Waals surface area contributed by atoms with Crippen molar-refractivity contribution in [3.05, 3.63) is 22.4 Å². The Morgan fingerprint density at radius 3 is 3.30 bits per heavy atom. The van der Waals surface area contributed by atoms with Gasteiger partial charge in [-0.15, -0.1) is 11.3 Å². The second kappa shape index (κ2) is 2.14. The van der Waals surface area contributed by atoms with E-state index in [0.29, 0.717) is 0 Å². The maximum atomic E-state index is 5.02. The molecule has 2 nitrogen and oxygen atoms in total. The highest BCUT2D eigenvalue weighted by molar-refractivity contribution is 7.71. The molecular formula is C6H4N2S2. The first-order valence-corrected chi connectivity index (χ1v) is 4.07. The Hall–Kier alpha value is -0.740. The topological polar surface area (TPSA) is 28.7 Å². The quantitative estimate of drug-likeness (QED) is 0.612. The van der Waals surface area contributed by atoms with Crippen LogP contribution < -0.4 is 0 Å². The van der Waals surface area contributed by atoms with Gasteiger partial charge in [-0.25, -0.2) is 4.98 Å². The molecule has 0 fully saturated rings. The van der Waals surface area contributed by atoms with Crippen LogP contribution in [0.15, 0.2) is 17.8 Å². The van der Waals surface area contributed by atoms with Crippen LogP contribution in [0.3, 0.4) is 0 Å². The van der Waals surface area contributed by atoms with E-state index in [2.05, 4.69) is 9.97 Å². The van der Waals surface area contributed by atoms with Crippen LogP contribution in [0, 0.1) is 4.64 Å². The fraction of sp³-hybridized carbons (Fsp3) is 0. The predicted molar refractivity (Wildman–Crippen MR) is 44.8 cm³/mol. The SMILES string of the molecule is S=c1[nH]cnc2sccc12. The Kier molecular flexibility index (Phi) is 1.28. The minimum absolute atomic E-state index is 0.770. The molecule has 2 aromatic rings. The van der Waals surface area contributed by atoms with E-state index in [0.717, 1.165) is 14.9 Å². The van der Waals surface area contributed by atoms with Crippen molar-refractivity contribution in [3.63, 3.8) is 0 Å². The molecule has 0 aliphatic carbocycles. The van der Waals surface area contributed by atoms with Gasteiger partial charge in [0.2, 0.25) is 0 Å². The summed E-state index contributed by atoms with van der Waals surface area (Å²) in [7, 11) is 0. The minimum Gasteiger partial charge on any atom is -0.337 e. The predicted octanol–water partition coefficient (Wildman–Crippen LogP) is 2.35. The van der Waals surface area contributed by atoms with E-state index < -0.39 is 0 Å². The molecule has 2 heterocycles. The van der Waals surface area contributed by atoms with Crippen molar-refractivity contribution in [1.29, 1.82) is 0 Å². The van der Waals surface area contributed by atoms with E-state index in [9.17, 15) is 0 Å². The van der Waals surface area contributed by atoms with Crippen molar-refractivity contribution in [2.24, 2.45) is 0 Å². The molecule has 0 aliphatic rings. The molecule has 0 spiro atoms. The molecule has 0 radical (unpaired) electrons. The number of nitrogens with one attached hydrogen (secondary N) is 1. The summed E-state index contributed by atoms with van der Waals surface area (Å²) in [6.45, 7) is 0. The first kappa shape index (κ1) is 6.00. The fourth-order valence-corrected chi connectivity index (χ4v) is 1.83. The van der Waals surface area contributed by atoms with Gasteiger partial charge in [0.15, 0.2) is 0 Å². The molecule has 0 aromatic carbocycles. The number of aromatic amines is 1. The van der Waals surface area contributed by atoms with Crippen molar-refractivity contribution < 1.29 is 0 Å². The summed E-state index contributed by atoms with van der Waals surface area (Å²) in [5.74, 6) is 0. The molecule has 0 saturated carbocycles. The lowest BCUT2D eigenvalue weighted by Crippen LogP contribution is -1.75. The molecule has 2 rings (SSSR count). The van der Waals surface area contributed by atoms with E-state index in [4.69, 9.17) is 12.2 Å². The van der Waals surface area contributed by atoms with Gasteiger partial charge >= 0.3 is 0 Å². The lowest BCUT2D eigenvalue weighted by Gasteiger charge is -1.85. The summed E-state index contributed by atoms with van der Waals surface area (Å²) in [4.78, 5) is 7.97. The van der Waals surface area contributed by atoms with Gasteiger partial charge in [-0.3, -0.25) is 0 Å². The van der Waals surface area contributed by atoms with Gasteiger partial charge in [-0.05, 0) is 11.4 Å². The van der Waals surface area contributed by atoms with Gasteiger partial charge in [0.05, 0.1) is 6.33 Å². The highest BCUT2D eigenvalue weighted by Crippen LogP contribution is 2.16. The van der Waals surface area contributed by atoms with Crippen LogP contribution in [0.5, 0.6) is 0 Å². The molecule has 1 N–H and O–H groups in total. The zero-order chi connectivity index (χ0) is 6.97. The first-order valence-electron chi connectivity index (χ1n) is 2.79. The second-order valence-electron chi connectivity index (χ2n) is 1.87. The van der Waals surface area contributed by atoms with Crippen molar-refractivity contribution in [2.45, 2.75) is 0 Å². The van der Waals surface area contributed by atoms with Gasteiger partial charge < -0.3 is 4.98 Å². The third-order valence-electron chi connectivity index (χ3n) is 1.27. The number of fused-ring (bicyclic) bond motifs is 1. The van der Waals surface area contributed by atoms with Crippen LogP contribution >= 0.6 is 23.6 Å². The minimum atomic E-state index is 0.770. The van der Waals surface area contributed by atoms with Crippen LogP contribution in [0.1, 0.15) is 0 Å². The van der Waals surface area contributed by atoms with Gasteiger partial charge in [0.25, 0.3) is 0 Å². The second-order valence-corrected chi connectivity index (χ2v) is 3.17. The van der Waals surface area contributed by atoms with Gasteiger partial charge in [0.1, 0.15) is 9.47 Å². The number of aromatic nitrogens is 2. The average Bonchev–Trinajstić information content (AvgIpc) is 2.36. The number of thiophene rings is 1. The summed E-state index contributed by atoms with van der Waals surface area (Å²) < 4.78 is 0.770. The van der Waals surface area contributed by atoms with Crippen molar-refractivity contribution in [2.75, 3.05) is 0 Å². The third kappa shape index (κ3) is 0.767. The van der Waals surface area contributed by atoms with Gasteiger partial charge in [-0.2, -0.15) is 0 Å². The number of H-pyrrole nitrogens is 1. The molecule has 0 bridgehead atoms. The third-order valence-corrected chi connectivity index (χ3v) is 2.43. The zero-order valence-corrected chi connectivity index (χ0v) is 6.63. The summed E-state index contributed by atoms with van der Waals surface area (Å²) in [6, 6.07) is 1.98. The molecule has 0 unspecified atom stereocenters. The summed E-state index contributed by atoms with van der Waals surface area (Å²) >= 11 is 6.62. The number of nitrogens with zero attached hydrogens (tertiary/aromatic N) is 1. The lowest BCUT2D eigenvalue weighted by molar-refractivity contribution is 1.22.